The lowest BCUT2D eigenvalue weighted by molar-refractivity contribution is -0.404. The zero-order chi connectivity index (χ0) is 24.5. The van der Waals surface area contributed by atoms with Crippen molar-refractivity contribution >= 4 is 17.1 Å². The monoisotopic (exact) mass is 444 g/mol. The van der Waals surface area contributed by atoms with Gasteiger partial charge in [0.25, 0.3) is 11.4 Å². The van der Waals surface area contributed by atoms with Gasteiger partial charge in [-0.25, -0.2) is 0 Å². The topological polar surface area (TPSA) is 173 Å². The number of aromatic hydroxyl groups is 1. The summed E-state index contributed by atoms with van der Waals surface area (Å²) in [5, 5.41) is 49.6. The van der Waals surface area contributed by atoms with Crippen LogP contribution in [-0.4, -0.2) is 55.6 Å². The fraction of sp³-hybridized carbons (Fsp3) is 0.684. The first kappa shape index (κ1) is 28.1. The van der Waals surface area contributed by atoms with E-state index in [9.17, 15) is 35.4 Å². The third kappa shape index (κ3) is 10.1. The van der Waals surface area contributed by atoms with E-state index in [0.29, 0.717) is 18.2 Å². The number of aliphatic hydroxyl groups is 1. The number of nitro groups is 3. The number of phenols is 1. The number of hydrogen-bond acceptors (Lipinski definition) is 9. The van der Waals surface area contributed by atoms with Crippen molar-refractivity contribution in [3.05, 3.63) is 42.5 Å². The Balaban J connectivity index is 0.000000582. The Morgan fingerprint density at radius 1 is 0.871 bits per heavy atom. The van der Waals surface area contributed by atoms with Gasteiger partial charge in [0.1, 0.15) is 0 Å². The Morgan fingerprint density at radius 2 is 1.26 bits per heavy atom. The Kier molecular flexibility index (Phi) is 11.6. The second-order valence-corrected chi connectivity index (χ2v) is 8.31. The van der Waals surface area contributed by atoms with Gasteiger partial charge in [-0.1, -0.05) is 27.7 Å². The molecule has 1 aromatic carbocycles. The van der Waals surface area contributed by atoms with Gasteiger partial charge in [0.2, 0.25) is 0 Å². The molecule has 1 aromatic rings. The maximum Gasteiger partial charge on any atom is 0.324 e. The summed E-state index contributed by atoms with van der Waals surface area (Å²) in [5.74, 6) is 0.246. The number of phenolic OH excluding ortho intramolecular Hbond substituents is 1. The molecule has 12 heteroatoms. The Hall–Kier alpha value is -2.86. The van der Waals surface area contributed by atoms with E-state index in [1.165, 1.54) is 12.8 Å². The van der Waals surface area contributed by atoms with Crippen LogP contribution in [0.25, 0.3) is 0 Å². The quantitative estimate of drug-likeness (QED) is 0.401. The minimum atomic E-state index is -1.21. The highest BCUT2D eigenvalue weighted by atomic mass is 16.6. The van der Waals surface area contributed by atoms with Crippen molar-refractivity contribution in [1.29, 1.82) is 0 Å². The molecule has 0 aliphatic carbocycles. The molecule has 0 aliphatic rings. The van der Waals surface area contributed by atoms with E-state index < -0.39 is 37.6 Å². The highest BCUT2D eigenvalue weighted by Crippen LogP contribution is 2.38. The van der Waals surface area contributed by atoms with E-state index in [2.05, 4.69) is 39.6 Å². The molecule has 2 N–H and O–H groups in total. The van der Waals surface area contributed by atoms with Gasteiger partial charge in [-0.3, -0.25) is 30.3 Å². The molecule has 12 nitrogen and oxygen atoms in total. The van der Waals surface area contributed by atoms with Gasteiger partial charge >= 0.3 is 11.4 Å². The smallest absolute Gasteiger partial charge is 0.324 e. The number of nitro benzene ring substituents is 3. The van der Waals surface area contributed by atoms with E-state index in [-0.39, 0.29) is 6.10 Å². The lowest BCUT2D eigenvalue weighted by atomic mass is 9.94. The summed E-state index contributed by atoms with van der Waals surface area (Å²) in [7, 11) is 2.13. The first-order chi connectivity index (χ1) is 14.2. The summed E-state index contributed by atoms with van der Waals surface area (Å²) in [4.78, 5) is 30.1. The predicted molar refractivity (Wildman–Crippen MR) is 115 cm³/mol. The van der Waals surface area contributed by atoms with Crippen molar-refractivity contribution in [2.75, 3.05) is 13.6 Å². The van der Waals surface area contributed by atoms with Crippen LogP contribution in [0.1, 0.15) is 47.5 Å². The number of benzene rings is 1. The molecule has 0 saturated heterocycles. The van der Waals surface area contributed by atoms with Crippen LogP contribution in [0.5, 0.6) is 5.75 Å². The number of aliphatic hydroxyl groups excluding tert-OH is 1. The van der Waals surface area contributed by atoms with Crippen molar-refractivity contribution in [3.63, 3.8) is 0 Å². The molecule has 0 radical (unpaired) electrons. The van der Waals surface area contributed by atoms with E-state index in [1.54, 1.807) is 0 Å². The second-order valence-electron chi connectivity index (χ2n) is 8.31. The molecular formula is C19H32N4O8. The van der Waals surface area contributed by atoms with Crippen LogP contribution in [0, 0.1) is 42.2 Å². The molecule has 1 atom stereocenters. The van der Waals surface area contributed by atoms with E-state index in [1.807, 2.05) is 6.92 Å². The molecule has 1 unspecified atom stereocenters. The summed E-state index contributed by atoms with van der Waals surface area (Å²) in [5.41, 5.74) is -3.00. The normalized spacial score (nSPS) is 12.1. The summed E-state index contributed by atoms with van der Waals surface area (Å²) in [6.07, 6.45) is 2.22. The van der Waals surface area contributed by atoms with Crippen LogP contribution in [0.3, 0.4) is 0 Å². The average molecular weight is 444 g/mol. The van der Waals surface area contributed by atoms with Crippen LogP contribution >= 0.6 is 0 Å². The van der Waals surface area contributed by atoms with E-state index in [4.69, 9.17) is 5.11 Å². The standard InChI is InChI=1S/C13H29NO.C6H3N3O7/c1-10(2)7-13(8-11(3)4)14(6)9-12(5)15;10-6-4(8(13)14)1-3(7(11)12)2-5(6)9(15)16/h10-13,15H,7-9H2,1-6H3;1-2,10H. The third-order valence-electron chi connectivity index (χ3n) is 4.32. The van der Waals surface area contributed by atoms with Gasteiger partial charge in [-0.05, 0) is 38.6 Å². The Morgan fingerprint density at radius 3 is 1.52 bits per heavy atom. The number of likely N-dealkylation sites (N-methyl/N-ethyl adjacent to an activating group) is 1. The summed E-state index contributed by atoms with van der Waals surface area (Å²) >= 11 is 0. The van der Waals surface area contributed by atoms with Crippen LogP contribution in [-0.2, 0) is 0 Å². The lowest BCUT2D eigenvalue weighted by Gasteiger charge is -2.31. The van der Waals surface area contributed by atoms with Gasteiger partial charge in [-0.2, -0.15) is 0 Å². The Bertz CT molecular complexity index is 722. The first-order valence-electron chi connectivity index (χ1n) is 9.85. The minimum absolute atomic E-state index is 0.225. The number of rotatable bonds is 10. The highest BCUT2D eigenvalue weighted by Gasteiger charge is 2.30. The molecule has 0 aromatic heterocycles. The Labute approximate surface area is 180 Å². The van der Waals surface area contributed by atoms with E-state index in [0.717, 1.165) is 18.4 Å². The molecule has 0 fully saturated rings. The molecular weight excluding hydrogens is 412 g/mol. The molecule has 0 amide bonds. The first-order valence-corrected chi connectivity index (χ1v) is 9.85. The zero-order valence-corrected chi connectivity index (χ0v) is 18.7. The molecule has 176 valence electrons. The predicted octanol–water partition coefficient (Wildman–Crippen LogP) is 3.88. The minimum Gasteiger partial charge on any atom is -0.497 e. The van der Waals surface area contributed by atoms with Crippen molar-refractivity contribution in [3.8, 4) is 5.75 Å². The molecule has 0 aliphatic heterocycles. The summed E-state index contributed by atoms with van der Waals surface area (Å²) < 4.78 is 0. The van der Waals surface area contributed by atoms with Crippen molar-refractivity contribution < 1.29 is 25.0 Å². The SMILES string of the molecule is CC(C)CC(CC(C)C)N(C)CC(C)O.O=[N+]([O-])c1cc([N+](=O)[O-])c(O)c([N+](=O)[O-])c1. The average Bonchev–Trinajstić information content (AvgIpc) is 2.59. The van der Waals surface area contributed by atoms with Crippen molar-refractivity contribution in [2.45, 2.75) is 59.6 Å². The van der Waals surface area contributed by atoms with E-state index >= 15 is 0 Å². The van der Waals surface area contributed by atoms with Crippen molar-refractivity contribution in [1.82, 2.24) is 4.90 Å². The highest BCUT2D eigenvalue weighted by molar-refractivity contribution is 5.64. The fourth-order valence-electron chi connectivity index (χ4n) is 3.08. The largest absolute Gasteiger partial charge is 0.497 e. The molecule has 0 saturated carbocycles. The van der Waals surface area contributed by atoms with Gasteiger partial charge in [0, 0.05) is 12.6 Å². The number of non-ortho nitro benzene ring substituents is 1. The van der Waals surface area contributed by atoms with Gasteiger partial charge in [-0.15, -0.1) is 0 Å². The molecule has 1 rings (SSSR count). The van der Waals surface area contributed by atoms with Gasteiger partial charge in [0.05, 0.1) is 33.0 Å². The maximum atomic E-state index is 10.4. The lowest BCUT2D eigenvalue weighted by Crippen LogP contribution is -2.38. The second kappa shape index (κ2) is 12.7. The third-order valence-corrected chi connectivity index (χ3v) is 4.32. The molecule has 0 heterocycles. The van der Waals surface area contributed by atoms with Crippen molar-refractivity contribution in [2.24, 2.45) is 11.8 Å². The molecule has 31 heavy (non-hydrogen) atoms. The van der Waals surface area contributed by atoms with Crippen LogP contribution in [0.4, 0.5) is 17.1 Å². The van der Waals surface area contributed by atoms with Crippen LogP contribution in [0.2, 0.25) is 0 Å². The van der Waals surface area contributed by atoms with Crippen LogP contribution in [0.15, 0.2) is 12.1 Å². The molecule has 0 spiro atoms. The zero-order valence-electron chi connectivity index (χ0n) is 18.7. The van der Waals surface area contributed by atoms with Gasteiger partial charge in [0.15, 0.2) is 0 Å². The summed E-state index contributed by atoms with van der Waals surface area (Å²) in [6, 6.07) is 1.50. The summed E-state index contributed by atoms with van der Waals surface area (Å²) in [6.45, 7) is 11.7. The molecule has 0 bridgehead atoms. The van der Waals surface area contributed by atoms with Crippen LogP contribution < -0.4 is 0 Å². The van der Waals surface area contributed by atoms with Gasteiger partial charge < -0.3 is 15.1 Å². The fourth-order valence-corrected chi connectivity index (χ4v) is 3.08. The number of hydrogen-bond donors (Lipinski definition) is 2. The maximum absolute atomic E-state index is 10.4. The number of nitrogens with zero attached hydrogens (tertiary/aromatic N) is 4.